The molecule has 0 unspecified atom stereocenters. The van der Waals surface area contributed by atoms with Gasteiger partial charge in [0, 0.05) is 12.1 Å². The number of nitrogens with one attached hydrogen (secondary N) is 1. The van der Waals surface area contributed by atoms with Crippen molar-refractivity contribution in [3.63, 3.8) is 0 Å². The third-order valence-corrected chi connectivity index (χ3v) is 3.70. The number of carbonyl (C=O) groups excluding carboxylic acids is 1. The number of rotatable bonds is 10. The lowest BCUT2D eigenvalue weighted by atomic mass is 10.2. The molecule has 0 spiro atoms. The molecule has 2 aromatic rings. The molecule has 0 saturated carbocycles. The molecule has 0 heterocycles. The average molecular weight is 343 g/mol. The van der Waals surface area contributed by atoms with Crippen LogP contribution < -0.4 is 10.1 Å². The zero-order valence-electron chi connectivity index (χ0n) is 14.3. The number of alkyl carbamates (subject to hydrolysis) is 1. The fourth-order valence-electron chi connectivity index (χ4n) is 2.33. The maximum absolute atomic E-state index is 11.6. The minimum Gasteiger partial charge on any atom is -0.493 e. The van der Waals surface area contributed by atoms with Gasteiger partial charge < -0.3 is 19.9 Å². The Hall–Kier alpha value is -2.53. The summed E-state index contributed by atoms with van der Waals surface area (Å²) < 4.78 is 10.8. The lowest BCUT2D eigenvalue weighted by molar-refractivity contribution is 0.139. The molecule has 5 nitrogen and oxygen atoms in total. The predicted molar refractivity (Wildman–Crippen MR) is 96.3 cm³/mol. The summed E-state index contributed by atoms with van der Waals surface area (Å²) in [6.45, 7) is 1.44. The van der Waals surface area contributed by atoms with Gasteiger partial charge in [-0.05, 0) is 30.9 Å². The van der Waals surface area contributed by atoms with Gasteiger partial charge in [0.05, 0.1) is 13.2 Å². The van der Waals surface area contributed by atoms with Gasteiger partial charge in [0.15, 0.2) is 0 Å². The Balaban J connectivity index is 1.49. The van der Waals surface area contributed by atoms with Crippen LogP contribution in [-0.4, -0.2) is 24.4 Å². The highest BCUT2D eigenvalue weighted by Crippen LogP contribution is 2.17. The first-order valence-electron chi connectivity index (χ1n) is 8.55. The van der Waals surface area contributed by atoms with E-state index in [1.54, 1.807) is 0 Å². The van der Waals surface area contributed by atoms with Crippen molar-refractivity contribution in [1.29, 1.82) is 0 Å². The molecule has 0 aliphatic carbocycles. The van der Waals surface area contributed by atoms with Crippen LogP contribution in [0, 0.1) is 0 Å². The highest BCUT2D eigenvalue weighted by molar-refractivity contribution is 5.67. The zero-order chi connectivity index (χ0) is 17.7. The van der Waals surface area contributed by atoms with Crippen LogP contribution in [0.2, 0.25) is 0 Å². The number of aliphatic hydroxyl groups is 1. The Labute approximate surface area is 148 Å². The van der Waals surface area contributed by atoms with Crippen molar-refractivity contribution in [1.82, 2.24) is 5.32 Å². The van der Waals surface area contributed by atoms with Gasteiger partial charge >= 0.3 is 6.09 Å². The molecule has 2 N–H and O–H groups in total. The van der Waals surface area contributed by atoms with Crippen LogP contribution in [-0.2, 0) is 18.0 Å². The van der Waals surface area contributed by atoms with Crippen LogP contribution in [0.5, 0.6) is 5.75 Å². The van der Waals surface area contributed by atoms with Gasteiger partial charge in [-0.25, -0.2) is 4.79 Å². The van der Waals surface area contributed by atoms with Crippen LogP contribution in [0.4, 0.5) is 4.79 Å². The number of benzene rings is 2. The molecule has 0 aliphatic rings. The summed E-state index contributed by atoms with van der Waals surface area (Å²) >= 11 is 0. The van der Waals surface area contributed by atoms with E-state index >= 15 is 0 Å². The van der Waals surface area contributed by atoms with E-state index in [-0.39, 0.29) is 13.2 Å². The van der Waals surface area contributed by atoms with Crippen LogP contribution in [0.15, 0.2) is 54.6 Å². The SMILES string of the molecule is O=C(NCCCCCOc1ccccc1CO)OCc1ccccc1. The number of hydrogen-bond acceptors (Lipinski definition) is 4. The fourth-order valence-corrected chi connectivity index (χ4v) is 2.33. The Bertz CT molecular complexity index is 631. The molecule has 1 amide bonds. The fraction of sp³-hybridized carbons (Fsp3) is 0.350. The summed E-state index contributed by atoms with van der Waals surface area (Å²) in [5.74, 6) is 0.729. The average Bonchev–Trinajstić information content (AvgIpc) is 2.66. The molecule has 0 atom stereocenters. The Morgan fingerprint density at radius 1 is 0.960 bits per heavy atom. The minimum absolute atomic E-state index is 0.0226. The third kappa shape index (κ3) is 7.27. The number of carbonyl (C=O) groups is 1. The van der Waals surface area contributed by atoms with Gasteiger partial charge in [0.1, 0.15) is 12.4 Å². The molecular formula is C20H25NO4. The summed E-state index contributed by atoms with van der Waals surface area (Å²) in [6, 6.07) is 17.1. The van der Waals surface area contributed by atoms with Crippen LogP contribution in [0.25, 0.3) is 0 Å². The maximum atomic E-state index is 11.6. The third-order valence-electron chi connectivity index (χ3n) is 3.70. The normalized spacial score (nSPS) is 10.3. The first kappa shape index (κ1) is 18.8. The van der Waals surface area contributed by atoms with Crippen LogP contribution in [0.1, 0.15) is 30.4 Å². The summed E-state index contributed by atoms with van der Waals surface area (Å²) in [7, 11) is 0. The van der Waals surface area contributed by atoms with Crippen LogP contribution in [0.3, 0.4) is 0 Å². The highest BCUT2D eigenvalue weighted by atomic mass is 16.5. The van der Waals surface area contributed by atoms with Crippen molar-refractivity contribution in [2.45, 2.75) is 32.5 Å². The molecule has 25 heavy (non-hydrogen) atoms. The molecule has 0 aliphatic heterocycles. The molecular weight excluding hydrogens is 318 g/mol. The number of para-hydroxylation sites is 1. The molecule has 0 saturated heterocycles. The van der Waals surface area contributed by atoms with Gasteiger partial charge in [-0.15, -0.1) is 0 Å². The Kier molecular flexibility index (Phi) is 8.35. The first-order chi connectivity index (χ1) is 12.3. The topological polar surface area (TPSA) is 67.8 Å². The molecule has 0 radical (unpaired) electrons. The van der Waals surface area contributed by atoms with E-state index in [1.165, 1.54) is 0 Å². The number of hydrogen-bond donors (Lipinski definition) is 2. The van der Waals surface area contributed by atoms with Crippen molar-refractivity contribution in [2.24, 2.45) is 0 Å². The Morgan fingerprint density at radius 2 is 1.72 bits per heavy atom. The monoisotopic (exact) mass is 343 g/mol. The largest absolute Gasteiger partial charge is 0.493 e. The summed E-state index contributed by atoms with van der Waals surface area (Å²) in [4.78, 5) is 11.6. The lowest BCUT2D eigenvalue weighted by Crippen LogP contribution is -2.25. The number of aliphatic hydroxyl groups excluding tert-OH is 1. The standard InChI is InChI=1S/C20H25NO4/c22-15-18-11-5-6-12-19(18)24-14-8-2-7-13-21-20(23)25-16-17-9-3-1-4-10-17/h1,3-6,9-12,22H,2,7-8,13-16H2,(H,21,23). The van der Waals surface area contributed by atoms with E-state index in [2.05, 4.69) is 5.32 Å². The van der Waals surface area contributed by atoms with E-state index in [1.807, 2.05) is 54.6 Å². The highest BCUT2D eigenvalue weighted by Gasteiger charge is 2.03. The molecule has 0 aromatic heterocycles. The summed E-state index contributed by atoms with van der Waals surface area (Å²) in [5, 5.41) is 12.0. The molecule has 134 valence electrons. The van der Waals surface area contributed by atoms with Crippen molar-refractivity contribution >= 4 is 6.09 Å². The van der Waals surface area contributed by atoms with E-state index in [0.717, 1.165) is 36.1 Å². The maximum Gasteiger partial charge on any atom is 0.407 e. The summed E-state index contributed by atoms with van der Waals surface area (Å²) in [6.07, 6.45) is 2.31. The van der Waals surface area contributed by atoms with Crippen molar-refractivity contribution in [2.75, 3.05) is 13.2 Å². The zero-order valence-corrected chi connectivity index (χ0v) is 14.3. The molecule has 5 heteroatoms. The lowest BCUT2D eigenvalue weighted by Gasteiger charge is -2.10. The molecule has 0 fully saturated rings. The second kappa shape index (κ2) is 11.1. The van der Waals surface area contributed by atoms with Crippen molar-refractivity contribution in [3.8, 4) is 5.75 Å². The number of amides is 1. The van der Waals surface area contributed by atoms with Crippen molar-refractivity contribution < 1.29 is 19.4 Å². The van der Waals surface area contributed by atoms with Gasteiger partial charge in [-0.1, -0.05) is 48.5 Å². The Morgan fingerprint density at radius 3 is 2.52 bits per heavy atom. The summed E-state index contributed by atoms with van der Waals surface area (Å²) in [5.41, 5.74) is 1.77. The van der Waals surface area contributed by atoms with E-state index in [4.69, 9.17) is 9.47 Å². The predicted octanol–water partition coefficient (Wildman–Crippen LogP) is 3.65. The van der Waals surface area contributed by atoms with E-state index in [0.29, 0.717) is 13.2 Å². The second-order valence-electron chi connectivity index (χ2n) is 5.66. The van der Waals surface area contributed by atoms with E-state index in [9.17, 15) is 9.90 Å². The van der Waals surface area contributed by atoms with Crippen molar-refractivity contribution in [3.05, 3.63) is 65.7 Å². The molecule has 2 aromatic carbocycles. The van der Waals surface area contributed by atoms with Gasteiger partial charge in [-0.2, -0.15) is 0 Å². The minimum atomic E-state index is -0.392. The van der Waals surface area contributed by atoms with E-state index < -0.39 is 6.09 Å². The molecule has 2 rings (SSSR count). The smallest absolute Gasteiger partial charge is 0.407 e. The number of unbranched alkanes of at least 4 members (excludes halogenated alkanes) is 2. The quantitative estimate of drug-likeness (QED) is 0.646. The second-order valence-corrected chi connectivity index (χ2v) is 5.66. The van der Waals surface area contributed by atoms with Gasteiger partial charge in [0.25, 0.3) is 0 Å². The first-order valence-corrected chi connectivity index (χ1v) is 8.55. The number of ether oxygens (including phenoxy) is 2. The van der Waals surface area contributed by atoms with Gasteiger partial charge in [-0.3, -0.25) is 0 Å². The molecule has 0 bridgehead atoms. The van der Waals surface area contributed by atoms with Crippen LogP contribution >= 0.6 is 0 Å². The van der Waals surface area contributed by atoms with Gasteiger partial charge in [0.2, 0.25) is 0 Å².